The average Bonchev–Trinajstić information content (AvgIpc) is 2.01. The summed E-state index contributed by atoms with van der Waals surface area (Å²) in [6, 6.07) is 0. The quantitative estimate of drug-likeness (QED) is 0.574. The van der Waals surface area contributed by atoms with E-state index in [9.17, 15) is 10.2 Å². The van der Waals surface area contributed by atoms with Crippen molar-refractivity contribution in [3.05, 3.63) is 36.5 Å². The molecule has 2 N–H and O–H groups in total. The molecule has 2 heteroatoms. The molecule has 2 unspecified atom stereocenters. The molecule has 12 heavy (non-hydrogen) atoms. The highest BCUT2D eigenvalue weighted by Crippen LogP contribution is 2.27. The molecule has 0 amide bonds. The van der Waals surface area contributed by atoms with Crippen LogP contribution in [0.4, 0.5) is 0 Å². The summed E-state index contributed by atoms with van der Waals surface area (Å²) >= 11 is 0. The van der Waals surface area contributed by atoms with Gasteiger partial charge in [0.25, 0.3) is 0 Å². The van der Waals surface area contributed by atoms with E-state index in [2.05, 4.69) is 13.2 Å². The van der Waals surface area contributed by atoms with E-state index in [0.29, 0.717) is 18.4 Å². The van der Waals surface area contributed by atoms with Gasteiger partial charge in [-0.1, -0.05) is 30.9 Å². The predicted molar refractivity (Wildman–Crippen MR) is 48.7 cm³/mol. The summed E-state index contributed by atoms with van der Waals surface area (Å²) in [4.78, 5) is 0. The lowest BCUT2D eigenvalue weighted by Gasteiger charge is -2.26. The fraction of sp³-hybridized carbons (Fsp3) is 0.400. The van der Waals surface area contributed by atoms with E-state index in [1.165, 1.54) is 0 Å². The zero-order chi connectivity index (χ0) is 9.14. The van der Waals surface area contributed by atoms with Crippen LogP contribution in [0.5, 0.6) is 0 Å². The SMILES string of the molecule is C=CC=C1CC(O)C(=C)C(O)C1. The molecule has 66 valence electrons. The van der Waals surface area contributed by atoms with Crippen molar-refractivity contribution in [2.24, 2.45) is 0 Å². The summed E-state index contributed by atoms with van der Waals surface area (Å²) in [5.41, 5.74) is 1.55. The van der Waals surface area contributed by atoms with Crippen LogP contribution in [0.15, 0.2) is 36.5 Å². The molecule has 1 saturated carbocycles. The molecule has 0 aromatic carbocycles. The third kappa shape index (κ3) is 1.84. The van der Waals surface area contributed by atoms with Gasteiger partial charge < -0.3 is 10.2 Å². The molecule has 1 aliphatic carbocycles. The van der Waals surface area contributed by atoms with Gasteiger partial charge in [0.2, 0.25) is 0 Å². The lowest BCUT2D eigenvalue weighted by molar-refractivity contribution is 0.123. The van der Waals surface area contributed by atoms with Gasteiger partial charge in [-0.25, -0.2) is 0 Å². The second-order valence-electron chi connectivity index (χ2n) is 3.08. The highest BCUT2D eigenvalue weighted by atomic mass is 16.3. The highest BCUT2D eigenvalue weighted by Gasteiger charge is 2.24. The zero-order valence-corrected chi connectivity index (χ0v) is 7.03. The van der Waals surface area contributed by atoms with Crippen LogP contribution in [0.2, 0.25) is 0 Å². The van der Waals surface area contributed by atoms with Crippen molar-refractivity contribution in [3.8, 4) is 0 Å². The van der Waals surface area contributed by atoms with Crippen LogP contribution < -0.4 is 0 Å². The Labute approximate surface area is 72.5 Å². The summed E-state index contributed by atoms with van der Waals surface area (Å²) in [6.45, 7) is 7.18. The maximum Gasteiger partial charge on any atom is 0.0809 e. The van der Waals surface area contributed by atoms with Crippen LogP contribution in [-0.4, -0.2) is 22.4 Å². The summed E-state index contributed by atoms with van der Waals surface area (Å²) in [5, 5.41) is 18.8. The smallest absolute Gasteiger partial charge is 0.0809 e. The molecule has 1 fully saturated rings. The molecule has 0 heterocycles. The predicted octanol–water partition coefficient (Wildman–Crippen LogP) is 1.17. The number of rotatable bonds is 1. The third-order valence-corrected chi connectivity index (χ3v) is 2.12. The summed E-state index contributed by atoms with van der Waals surface area (Å²) in [6.07, 6.45) is 3.45. The van der Waals surface area contributed by atoms with E-state index in [1.54, 1.807) is 6.08 Å². The van der Waals surface area contributed by atoms with Crippen LogP contribution in [-0.2, 0) is 0 Å². The zero-order valence-electron chi connectivity index (χ0n) is 7.03. The molecule has 1 aliphatic rings. The van der Waals surface area contributed by atoms with E-state index in [0.717, 1.165) is 5.57 Å². The monoisotopic (exact) mass is 166 g/mol. The molecule has 0 saturated heterocycles. The Morgan fingerprint density at radius 2 is 1.75 bits per heavy atom. The minimum atomic E-state index is -0.597. The van der Waals surface area contributed by atoms with Gasteiger partial charge in [0.05, 0.1) is 12.2 Å². The van der Waals surface area contributed by atoms with Crippen molar-refractivity contribution in [2.45, 2.75) is 25.0 Å². The standard InChI is InChI=1S/C10H14O2/c1-3-4-8-5-9(11)7(2)10(12)6-8/h3-4,9-12H,1-2,5-6H2. The molecular weight excluding hydrogens is 152 g/mol. The van der Waals surface area contributed by atoms with E-state index >= 15 is 0 Å². The molecule has 2 nitrogen and oxygen atoms in total. The number of hydrogen-bond donors (Lipinski definition) is 2. The summed E-state index contributed by atoms with van der Waals surface area (Å²) in [7, 11) is 0. The van der Waals surface area contributed by atoms with Crippen LogP contribution in [0.1, 0.15) is 12.8 Å². The first kappa shape index (κ1) is 9.23. The topological polar surface area (TPSA) is 40.5 Å². The Morgan fingerprint density at radius 3 is 2.17 bits per heavy atom. The van der Waals surface area contributed by atoms with Gasteiger partial charge in [0, 0.05) is 0 Å². The normalized spacial score (nSPS) is 30.2. The van der Waals surface area contributed by atoms with Gasteiger partial charge in [-0.05, 0) is 18.4 Å². The van der Waals surface area contributed by atoms with Crippen molar-refractivity contribution >= 4 is 0 Å². The molecule has 2 atom stereocenters. The fourth-order valence-electron chi connectivity index (χ4n) is 1.37. The van der Waals surface area contributed by atoms with Gasteiger partial charge in [0.15, 0.2) is 0 Å². The molecule has 0 bridgehead atoms. The van der Waals surface area contributed by atoms with E-state index in [1.807, 2.05) is 6.08 Å². The lowest BCUT2D eigenvalue weighted by atomic mass is 9.86. The first-order valence-corrected chi connectivity index (χ1v) is 4.00. The van der Waals surface area contributed by atoms with Gasteiger partial charge >= 0.3 is 0 Å². The van der Waals surface area contributed by atoms with Crippen molar-refractivity contribution in [1.82, 2.24) is 0 Å². The van der Waals surface area contributed by atoms with Crippen molar-refractivity contribution < 1.29 is 10.2 Å². The molecule has 0 radical (unpaired) electrons. The molecule has 0 aliphatic heterocycles. The van der Waals surface area contributed by atoms with Crippen molar-refractivity contribution in [3.63, 3.8) is 0 Å². The highest BCUT2D eigenvalue weighted by molar-refractivity contribution is 5.25. The van der Waals surface area contributed by atoms with Gasteiger partial charge in [0.1, 0.15) is 0 Å². The maximum absolute atomic E-state index is 9.41. The van der Waals surface area contributed by atoms with E-state index in [4.69, 9.17) is 0 Å². The Balaban J connectivity index is 2.72. The largest absolute Gasteiger partial charge is 0.388 e. The van der Waals surface area contributed by atoms with Crippen LogP contribution in [0.25, 0.3) is 0 Å². The minimum absolute atomic E-state index is 0.524. The minimum Gasteiger partial charge on any atom is -0.388 e. The number of aliphatic hydroxyl groups is 2. The molecule has 1 rings (SSSR count). The van der Waals surface area contributed by atoms with E-state index < -0.39 is 12.2 Å². The first-order valence-electron chi connectivity index (χ1n) is 4.00. The Bertz CT molecular complexity index is 212. The number of hydrogen-bond acceptors (Lipinski definition) is 2. The molecule has 0 aromatic heterocycles. The van der Waals surface area contributed by atoms with Gasteiger partial charge in [-0.15, -0.1) is 0 Å². The number of aliphatic hydroxyl groups excluding tert-OH is 2. The van der Waals surface area contributed by atoms with Crippen molar-refractivity contribution in [1.29, 1.82) is 0 Å². The third-order valence-electron chi connectivity index (χ3n) is 2.12. The number of allylic oxidation sites excluding steroid dienone is 2. The van der Waals surface area contributed by atoms with E-state index in [-0.39, 0.29) is 0 Å². The first-order chi connectivity index (χ1) is 5.65. The lowest BCUT2D eigenvalue weighted by Crippen LogP contribution is -2.27. The molecule has 0 aromatic rings. The summed E-state index contributed by atoms with van der Waals surface area (Å²) < 4.78 is 0. The Kier molecular flexibility index (Phi) is 2.84. The van der Waals surface area contributed by atoms with Gasteiger partial charge in [-0.2, -0.15) is 0 Å². The van der Waals surface area contributed by atoms with Crippen LogP contribution in [0, 0.1) is 0 Å². The average molecular weight is 166 g/mol. The second kappa shape index (κ2) is 3.70. The Morgan fingerprint density at radius 1 is 1.25 bits per heavy atom. The maximum atomic E-state index is 9.41. The second-order valence-corrected chi connectivity index (χ2v) is 3.08. The molecule has 0 spiro atoms. The molecular formula is C10H14O2. The van der Waals surface area contributed by atoms with Crippen LogP contribution in [0.3, 0.4) is 0 Å². The fourth-order valence-corrected chi connectivity index (χ4v) is 1.37. The Hall–Kier alpha value is -0.860. The van der Waals surface area contributed by atoms with Gasteiger partial charge in [-0.3, -0.25) is 0 Å². The van der Waals surface area contributed by atoms with Crippen molar-refractivity contribution in [2.75, 3.05) is 0 Å². The summed E-state index contributed by atoms with van der Waals surface area (Å²) in [5.74, 6) is 0. The van der Waals surface area contributed by atoms with Crippen LogP contribution >= 0.6 is 0 Å².